The van der Waals surface area contributed by atoms with E-state index < -0.39 is 0 Å². The molecule has 1 rings (SSSR count). The minimum absolute atomic E-state index is 0.218. The van der Waals surface area contributed by atoms with E-state index in [1.807, 2.05) is 11.8 Å². The van der Waals surface area contributed by atoms with Gasteiger partial charge in [-0.05, 0) is 18.8 Å². The first-order valence-electron chi connectivity index (χ1n) is 5.63. The Hall–Kier alpha value is -0.570. The summed E-state index contributed by atoms with van der Waals surface area (Å²) in [6, 6.07) is 0. The van der Waals surface area contributed by atoms with E-state index in [0.29, 0.717) is 18.9 Å². The van der Waals surface area contributed by atoms with Gasteiger partial charge in [-0.25, -0.2) is 0 Å². The molecule has 0 bridgehead atoms. The highest BCUT2D eigenvalue weighted by atomic mass is 16.3. The van der Waals surface area contributed by atoms with E-state index in [-0.39, 0.29) is 12.0 Å². The van der Waals surface area contributed by atoms with Crippen molar-refractivity contribution in [1.82, 2.24) is 4.90 Å². The molecule has 0 spiro atoms. The average molecular weight is 199 g/mol. The zero-order valence-electron chi connectivity index (χ0n) is 9.20. The number of likely N-dealkylation sites (tertiary alicyclic amines) is 1. The third-order valence-electron chi connectivity index (χ3n) is 2.89. The zero-order chi connectivity index (χ0) is 10.6. The van der Waals surface area contributed by atoms with Gasteiger partial charge in [-0.1, -0.05) is 20.3 Å². The second kappa shape index (κ2) is 5.35. The number of hydrogen-bond donors (Lipinski definition) is 1. The summed E-state index contributed by atoms with van der Waals surface area (Å²) in [5.41, 5.74) is 0. The molecule has 2 atom stereocenters. The van der Waals surface area contributed by atoms with E-state index in [9.17, 15) is 9.90 Å². The van der Waals surface area contributed by atoms with Gasteiger partial charge in [0.15, 0.2) is 0 Å². The minimum Gasteiger partial charge on any atom is -0.391 e. The molecule has 1 saturated heterocycles. The van der Waals surface area contributed by atoms with Crippen LogP contribution in [0.15, 0.2) is 0 Å². The molecule has 3 heteroatoms. The van der Waals surface area contributed by atoms with E-state index in [4.69, 9.17) is 0 Å². The maximum absolute atomic E-state index is 11.5. The highest BCUT2D eigenvalue weighted by Crippen LogP contribution is 2.22. The van der Waals surface area contributed by atoms with Gasteiger partial charge >= 0.3 is 0 Å². The summed E-state index contributed by atoms with van der Waals surface area (Å²) >= 11 is 0. The smallest absolute Gasteiger partial charge is 0.223 e. The van der Waals surface area contributed by atoms with Gasteiger partial charge in [0.25, 0.3) is 0 Å². The van der Waals surface area contributed by atoms with Gasteiger partial charge in [-0.15, -0.1) is 0 Å². The Kier molecular flexibility index (Phi) is 4.39. The fourth-order valence-electron chi connectivity index (χ4n) is 2.02. The minimum atomic E-state index is -0.348. The molecule has 0 aromatic carbocycles. The lowest BCUT2D eigenvalue weighted by atomic mass is 10.0. The van der Waals surface area contributed by atoms with Crippen molar-refractivity contribution >= 4 is 5.91 Å². The predicted molar refractivity (Wildman–Crippen MR) is 55.9 cm³/mol. The number of aliphatic hydroxyl groups excluding tert-OH is 1. The van der Waals surface area contributed by atoms with Crippen LogP contribution in [0.5, 0.6) is 0 Å². The normalized spacial score (nSPS) is 24.4. The van der Waals surface area contributed by atoms with Gasteiger partial charge in [0.2, 0.25) is 5.91 Å². The van der Waals surface area contributed by atoms with Gasteiger partial charge in [0, 0.05) is 19.5 Å². The van der Waals surface area contributed by atoms with Crippen LogP contribution >= 0.6 is 0 Å². The first-order chi connectivity index (χ1) is 6.67. The number of aliphatic hydroxyl groups is 1. The van der Waals surface area contributed by atoms with Crippen LogP contribution in [0.1, 0.15) is 39.5 Å². The van der Waals surface area contributed by atoms with Crippen molar-refractivity contribution in [3.05, 3.63) is 0 Å². The monoisotopic (exact) mass is 199 g/mol. The molecule has 0 aromatic rings. The Labute approximate surface area is 86.1 Å². The van der Waals surface area contributed by atoms with E-state index in [1.165, 1.54) is 0 Å². The molecule has 0 radical (unpaired) electrons. The molecule has 1 fully saturated rings. The van der Waals surface area contributed by atoms with Crippen LogP contribution in [-0.2, 0) is 4.79 Å². The van der Waals surface area contributed by atoms with E-state index in [2.05, 4.69) is 6.92 Å². The van der Waals surface area contributed by atoms with E-state index in [1.54, 1.807) is 0 Å². The SMILES string of the molecule is CCCC1CC(=O)N(CC(O)CC)C1. The van der Waals surface area contributed by atoms with Crippen molar-refractivity contribution in [2.75, 3.05) is 13.1 Å². The van der Waals surface area contributed by atoms with Gasteiger partial charge in [0.1, 0.15) is 0 Å². The Bertz CT molecular complexity index is 194. The number of β-amino-alcohol motifs (C(OH)–C–C–N with tert-alkyl or cyclic N) is 1. The highest BCUT2D eigenvalue weighted by Gasteiger charge is 2.29. The van der Waals surface area contributed by atoms with Crippen LogP contribution in [0.25, 0.3) is 0 Å². The van der Waals surface area contributed by atoms with Gasteiger partial charge in [-0.2, -0.15) is 0 Å². The topological polar surface area (TPSA) is 40.5 Å². The molecule has 1 aliphatic heterocycles. The van der Waals surface area contributed by atoms with E-state index >= 15 is 0 Å². The second-order valence-corrected chi connectivity index (χ2v) is 4.22. The molecular weight excluding hydrogens is 178 g/mol. The number of carbonyl (C=O) groups excluding carboxylic acids is 1. The Morgan fingerprint density at radius 3 is 2.86 bits per heavy atom. The Morgan fingerprint density at radius 2 is 2.29 bits per heavy atom. The molecule has 2 unspecified atom stereocenters. The predicted octanol–water partition coefficient (Wildman–Crippen LogP) is 1.41. The Balaban J connectivity index is 2.36. The van der Waals surface area contributed by atoms with Gasteiger partial charge in [0.05, 0.1) is 6.10 Å². The molecule has 0 aromatic heterocycles. The van der Waals surface area contributed by atoms with E-state index in [0.717, 1.165) is 25.8 Å². The van der Waals surface area contributed by atoms with Crippen molar-refractivity contribution in [3.8, 4) is 0 Å². The van der Waals surface area contributed by atoms with Crippen molar-refractivity contribution in [2.24, 2.45) is 5.92 Å². The summed E-state index contributed by atoms with van der Waals surface area (Å²) in [7, 11) is 0. The number of rotatable bonds is 5. The van der Waals surface area contributed by atoms with Crippen LogP contribution in [0.3, 0.4) is 0 Å². The molecule has 1 aliphatic rings. The molecule has 14 heavy (non-hydrogen) atoms. The molecule has 82 valence electrons. The van der Waals surface area contributed by atoms with Crippen LogP contribution in [0.2, 0.25) is 0 Å². The highest BCUT2D eigenvalue weighted by molar-refractivity contribution is 5.78. The standard InChI is InChI=1S/C11H21NO2/c1-3-5-9-6-11(14)12(7-9)8-10(13)4-2/h9-10,13H,3-8H2,1-2H3. The number of hydrogen-bond acceptors (Lipinski definition) is 2. The Morgan fingerprint density at radius 1 is 1.57 bits per heavy atom. The van der Waals surface area contributed by atoms with Crippen LogP contribution < -0.4 is 0 Å². The first kappa shape index (κ1) is 11.5. The zero-order valence-corrected chi connectivity index (χ0v) is 9.20. The summed E-state index contributed by atoms with van der Waals surface area (Å²) < 4.78 is 0. The van der Waals surface area contributed by atoms with Crippen LogP contribution in [0.4, 0.5) is 0 Å². The molecule has 0 aliphatic carbocycles. The lowest BCUT2D eigenvalue weighted by Crippen LogP contribution is -2.33. The maximum Gasteiger partial charge on any atom is 0.223 e. The van der Waals surface area contributed by atoms with Crippen molar-refractivity contribution < 1.29 is 9.90 Å². The van der Waals surface area contributed by atoms with Crippen LogP contribution in [-0.4, -0.2) is 35.1 Å². The summed E-state index contributed by atoms with van der Waals surface area (Å²) in [5, 5.41) is 9.46. The lowest BCUT2D eigenvalue weighted by molar-refractivity contribution is -0.128. The second-order valence-electron chi connectivity index (χ2n) is 4.22. The maximum atomic E-state index is 11.5. The summed E-state index contributed by atoms with van der Waals surface area (Å²) in [6.07, 6.45) is 3.33. The summed E-state index contributed by atoms with van der Waals surface area (Å²) in [4.78, 5) is 13.3. The number of carbonyl (C=O) groups is 1. The van der Waals surface area contributed by atoms with Crippen LogP contribution in [0, 0.1) is 5.92 Å². The van der Waals surface area contributed by atoms with Gasteiger partial charge < -0.3 is 10.0 Å². The fourth-order valence-corrected chi connectivity index (χ4v) is 2.02. The molecule has 3 nitrogen and oxygen atoms in total. The van der Waals surface area contributed by atoms with Gasteiger partial charge in [-0.3, -0.25) is 4.79 Å². The largest absolute Gasteiger partial charge is 0.391 e. The molecule has 1 heterocycles. The van der Waals surface area contributed by atoms with Crippen molar-refractivity contribution in [3.63, 3.8) is 0 Å². The average Bonchev–Trinajstić information content (AvgIpc) is 2.47. The third-order valence-corrected chi connectivity index (χ3v) is 2.89. The molecule has 1 amide bonds. The number of amides is 1. The summed E-state index contributed by atoms with van der Waals surface area (Å²) in [6.45, 7) is 5.46. The molecule has 1 N–H and O–H groups in total. The third kappa shape index (κ3) is 2.98. The lowest BCUT2D eigenvalue weighted by Gasteiger charge is -2.19. The number of nitrogens with zero attached hydrogens (tertiary/aromatic N) is 1. The quantitative estimate of drug-likeness (QED) is 0.727. The molecule has 0 saturated carbocycles. The fraction of sp³-hybridized carbons (Fsp3) is 0.909. The summed E-state index contributed by atoms with van der Waals surface area (Å²) in [5.74, 6) is 0.743. The molecular formula is C11H21NO2. The van der Waals surface area contributed by atoms with Crippen molar-refractivity contribution in [1.29, 1.82) is 0 Å². The van der Waals surface area contributed by atoms with Crippen molar-refractivity contribution in [2.45, 2.75) is 45.6 Å². The first-order valence-corrected chi connectivity index (χ1v) is 5.63.